The summed E-state index contributed by atoms with van der Waals surface area (Å²) < 4.78 is 5.89. The van der Waals surface area contributed by atoms with Crippen LogP contribution in [0.2, 0.25) is 0 Å². The number of thiophene rings is 1. The highest BCUT2D eigenvalue weighted by Gasteiger charge is 2.20. The average Bonchev–Trinajstić information content (AvgIpc) is 3.40. The molecule has 0 saturated carbocycles. The van der Waals surface area contributed by atoms with Crippen molar-refractivity contribution in [1.82, 2.24) is 15.3 Å². The van der Waals surface area contributed by atoms with Crippen LogP contribution < -0.4 is 10.6 Å². The Hall–Kier alpha value is -3.63. The smallest absolute Gasteiger partial charge is 0.414 e. The van der Waals surface area contributed by atoms with E-state index in [4.69, 9.17) is 4.74 Å². The van der Waals surface area contributed by atoms with Crippen molar-refractivity contribution in [3.05, 3.63) is 76.4 Å². The molecule has 3 aromatic heterocycles. The summed E-state index contributed by atoms with van der Waals surface area (Å²) in [6, 6.07) is 12.4. The molecule has 1 aromatic carbocycles. The number of carbonyl (C=O) groups is 3. The number of nitrogens with one attached hydrogen (secondary N) is 2. The summed E-state index contributed by atoms with van der Waals surface area (Å²) in [5, 5.41) is 7.04. The summed E-state index contributed by atoms with van der Waals surface area (Å²) >= 11 is 2.39. The van der Waals surface area contributed by atoms with E-state index in [1.807, 2.05) is 18.2 Å². The Morgan fingerprint density at radius 2 is 1.87 bits per heavy atom. The lowest BCUT2D eigenvalue weighted by atomic mass is 10.2. The third-order valence-electron chi connectivity index (χ3n) is 3.95. The molecule has 0 aliphatic rings. The fourth-order valence-corrected chi connectivity index (χ4v) is 4.15. The summed E-state index contributed by atoms with van der Waals surface area (Å²) in [6.45, 7) is 0.0413. The zero-order valence-electron chi connectivity index (χ0n) is 15.3. The van der Waals surface area contributed by atoms with Gasteiger partial charge in [-0.25, -0.2) is 9.78 Å². The molecule has 150 valence electrons. The number of fused-ring (bicyclic) bond motifs is 1. The molecule has 4 aromatic rings. The van der Waals surface area contributed by atoms with Gasteiger partial charge in [0.1, 0.15) is 17.1 Å². The van der Waals surface area contributed by atoms with E-state index in [0.717, 1.165) is 21.6 Å². The summed E-state index contributed by atoms with van der Waals surface area (Å²) in [7, 11) is 0. The first-order valence-electron chi connectivity index (χ1n) is 8.71. The van der Waals surface area contributed by atoms with E-state index < -0.39 is 17.9 Å². The van der Waals surface area contributed by atoms with Gasteiger partial charge >= 0.3 is 6.09 Å². The number of aromatic nitrogens is 2. The third kappa shape index (κ3) is 4.50. The zero-order chi connectivity index (χ0) is 20.9. The minimum absolute atomic E-state index is 0.0413. The first-order chi connectivity index (χ1) is 14.6. The Morgan fingerprint density at radius 1 is 1.03 bits per heavy atom. The Kier molecular flexibility index (Phi) is 5.77. The summed E-state index contributed by atoms with van der Waals surface area (Å²) in [5.41, 5.74) is 1.58. The van der Waals surface area contributed by atoms with Gasteiger partial charge in [0.2, 0.25) is 0 Å². The first-order valence-corrected chi connectivity index (χ1v) is 10.4. The molecule has 30 heavy (non-hydrogen) atoms. The Morgan fingerprint density at radius 3 is 2.67 bits per heavy atom. The number of imide groups is 1. The number of hydrogen-bond donors (Lipinski definition) is 2. The molecule has 0 atom stereocenters. The lowest BCUT2D eigenvalue weighted by Crippen LogP contribution is -2.31. The number of ether oxygens (including phenoxy) is 1. The second-order valence-electron chi connectivity index (χ2n) is 6.00. The molecular formula is C20H14N4O4S2. The Bertz CT molecular complexity index is 1190. The molecule has 0 unspecified atom stereocenters. The number of amides is 3. The van der Waals surface area contributed by atoms with E-state index in [1.165, 1.54) is 17.4 Å². The topological polar surface area (TPSA) is 110 Å². The maximum absolute atomic E-state index is 12.5. The largest absolute Gasteiger partial charge is 0.444 e. The van der Waals surface area contributed by atoms with E-state index in [1.54, 1.807) is 36.0 Å². The van der Waals surface area contributed by atoms with Gasteiger partial charge in [0.25, 0.3) is 11.8 Å². The van der Waals surface area contributed by atoms with Gasteiger partial charge in [-0.05, 0) is 23.1 Å². The van der Waals surface area contributed by atoms with Crippen LogP contribution in [0, 0.1) is 0 Å². The number of benzene rings is 1. The number of pyridine rings is 1. The number of carbonyl (C=O) groups excluding carboxylic acids is 3. The summed E-state index contributed by atoms with van der Waals surface area (Å²) in [5.74, 6) is -1.11. The summed E-state index contributed by atoms with van der Waals surface area (Å²) in [4.78, 5) is 45.1. The fraction of sp³-hybridized carbons (Fsp3) is 0.0500. The standard InChI is InChI=1S/C20H14N4O4S2/c25-16(24-20(27)28-11-12-4-2-1-3-5-12)13-7-9-29-18(13)23-17(26)19-22-14-10-21-8-6-15(14)30-19/h1-10H,11H2,(H,23,26)(H,24,25,27). The molecule has 10 heteroatoms. The summed E-state index contributed by atoms with van der Waals surface area (Å²) in [6.07, 6.45) is 2.33. The van der Waals surface area contributed by atoms with Gasteiger partial charge in [0.15, 0.2) is 5.01 Å². The number of nitrogens with zero attached hydrogens (tertiary/aromatic N) is 2. The SMILES string of the molecule is O=C(NC(=O)c1ccsc1NC(=O)c1nc2cnccc2s1)OCc1ccccc1. The van der Waals surface area contributed by atoms with E-state index in [9.17, 15) is 14.4 Å². The van der Waals surface area contributed by atoms with Crippen molar-refractivity contribution in [2.75, 3.05) is 5.32 Å². The number of hydrogen-bond acceptors (Lipinski definition) is 8. The molecule has 8 nitrogen and oxygen atoms in total. The van der Waals surface area contributed by atoms with Crippen LogP contribution in [0.3, 0.4) is 0 Å². The lowest BCUT2D eigenvalue weighted by molar-refractivity contribution is 0.0913. The minimum Gasteiger partial charge on any atom is -0.444 e. The number of anilines is 1. The van der Waals surface area contributed by atoms with Crippen LogP contribution in [0.25, 0.3) is 10.2 Å². The highest BCUT2D eigenvalue weighted by atomic mass is 32.1. The van der Waals surface area contributed by atoms with Crippen molar-refractivity contribution in [3.63, 3.8) is 0 Å². The maximum Gasteiger partial charge on any atom is 0.414 e. The molecule has 0 radical (unpaired) electrons. The van der Waals surface area contributed by atoms with Crippen molar-refractivity contribution < 1.29 is 19.1 Å². The van der Waals surface area contributed by atoms with E-state index in [2.05, 4.69) is 20.6 Å². The van der Waals surface area contributed by atoms with Crippen molar-refractivity contribution in [3.8, 4) is 0 Å². The van der Waals surface area contributed by atoms with Gasteiger partial charge in [-0.3, -0.25) is 19.9 Å². The molecule has 3 heterocycles. The van der Waals surface area contributed by atoms with Gasteiger partial charge in [0.05, 0.1) is 16.5 Å². The second-order valence-corrected chi connectivity index (χ2v) is 7.94. The molecule has 0 bridgehead atoms. The van der Waals surface area contributed by atoms with Crippen LogP contribution in [0.15, 0.2) is 60.2 Å². The highest BCUT2D eigenvalue weighted by molar-refractivity contribution is 7.20. The molecule has 4 rings (SSSR count). The van der Waals surface area contributed by atoms with E-state index in [-0.39, 0.29) is 17.2 Å². The van der Waals surface area contributed by atoms with Crippen LogP contribution in [0.1, 0.15) is 25.7 Å². The van der Waals surface area contributed by atoms with Crippen molar-refractivity contribution in [2.45, 2.75) is 6.61 Å². The van der Waals surface area contributed by atoms with Crippen molar-refractivity contribution >= 4 is 55.8 Å². The van der Waals surface area contributed by atoms with E-state index >= 15 is 0 Å². The fourth-order valence-electron chi connectivity index (χ4n) is 2.54. The van der Waals surface area contributed by atoms with Crippen LogP contribution in [-0.2, 0) is 11.3 Å². The van der Waals surface area contributed by atoms with Crippen LogP contribution in [0.4, 0.5) is 9.80 Å². The predicted molar refractivity (Wildman–Crippen MR) is 114 cm³/mol. The molecule has 0 fully saturated rings. The molecular weight excluding hydrogens is 424 g/mol. The zero-order valence-corrected chi connectivity index (χ0v) is 17.0. The lowest BCUT2D eigenvalue weighted by Gasteiger charge is -2.07. The third-order valence-corrected chi connectivity index (χ3v) is 5.81. The quantitative estimate of drug-likeness (QED) is 0.486. The normalized spacial score (nSPS) is 10.5. The monoisotopic (exact) mass is 438 g/mol. The maximum atomic E-state index is 12.5. The number of thiazole rings is 1. The Labute approximate surface area is 178 Å². The molecule has 0 saturated heterocycles. The minimum atomic E-state index is -0.869. The molecule has 3 amide bonds. The molecule has 2 N–H and O–H groups in total. The average molecular weight is 438 g/mol. The van der Waals surface area contributed by atoms with Gasteiger partial charge in [0, 0.05) is 6.20 Å². The van der Waals surface area contributed by atoms with Crippen molar-refractivity contribution in [1.29, 1.82) is 0 Å². The molecule has 0 aliphatic carbocycles. The van der Waals surface area contributed by atoms with E-state index in [0.29, 0.717) is 10.5 Å². The van der Waals surface area contributed by atoms with Gasteiger partial charge < -0.3 is 10.1 Å². The predicted octanol–water partition coefficient (Wildman–Crippen LogP) is 4.07. The second kappa shape index (κ2) is 8.80. The van der Waals surface area contributed by atoms with Crippen LogP contribution in [-0.4, -0.2) is 27.9 Å². The first kappa shape index (κ1) is 19.7. The van der Waals surface area contributed by atoms with Gasteiger partial charge in [-0.15, -0.1) is 22.7 Å². The van der Waals surface area contributed by atoms with Gasteiger partial charge in [-0.1, -0.05) is 30.3 Å². The van der Waals surface area contributed by atoms with Gasteiger partial charge in [-0.2, -0.15) is 0 Å². The molecule has 0 spiro atoms. The Balaban J connectivity index is 1.39. The highest BCUT2D eigenvalue weighted by Crippen LogP contribution is 2.26. The van der Waals surface area contributed by atoms with Crippen LogP contribution >= 0.6 is 22.7 Å². The number of alkyl carbamates (subject to hydrolysis) is 1. The number of rotatable bonds is 5. The van der Waals surface area contributed by atoms with Crippen molar-refractivity contribution in [2.24, 2.45) is 0 Å². The van der Waals surface area contributed by atoms with Crippen LogP contribution in [0.5, 0.6) is 0 Å². The molecule has 0 aliphatic heterocycles.